The van der Waals surface area contributed by atoms with Crippen LogP contribution in [0.5, 0.6) is 0 Å². The Bertz CT molecular complexity index is 593. The van der Waals surface area contributed by atoms with E-state index in [1.807, 2.05) is 48.9 Å². The molecule has 0 aliphatic carbocycles. The largest absolute Gasteiger partial charge is 0.381 e. The van der Waals surface area contributed by atoms with Crippen LogP contribution in [0.15, 0.2) is 35.0 Å². The van der Waals surface area contributed by atoms with Crippen molar-refractivity contribution in [3.8, 4) is 12.1 Å². The van der Waals surface area contributed by atoms with Gasteiger partial charge in [0.1, 0.15) is 0 Å². The Labute approximate surface area is 146 Å². The monoisotopic (exact) mass is 346 g/mol. The molecule has 2 aromatic rings. The lowest BCUT2D eigenvalue weighted by Crippen LogP contribution is -2.10. The van der Waals surface area contributed by atoms with E-state index in [1.165, 1.54) is 12.8 Å². The average molecular weight is 347 g/mol. The Morgan fingerprint density at radius 2 is 1.74 bits per heavy atom. The molecule has 1 saturated heterocycles. The van der Waals surface area contributed by atoms with Crippen molar-refractivity contribution in [1.29, 1.82) is 10.5 Å². The van der Waals surface area contributed by atoms with Gasteiger partial charge >= 0.3 is 0 Å². The summed E-state index contributed by atoms with van der Waals surface area (Å²) >= 11 is 3.26. The van der Waals surface area contributed by atoms with E-state index in [1.54, 1.807) is 22.7 Å². The van der Waals surface area contributed by atoms with Crippen molar-refractivity contribution in [2.45, 2.75) is 38.5 Å². The summed E-state index contributed by atoms with van der Waals surface area (Å²) in [4.78, 5) is 2.28. The zero-order valence-electron chi connectivity index (χ0n) is 13.6. The molecule has 23 heavy (non-hydrogen) atoms. The summed E-state index contributed by atoms with van der Waals surface area (Å²) in [7, 11) is 0. The molecule has 5 heteroatoms. The molecule has 2 aromatic heterocycles. The fourth-order valence-electron chi connectivity index (χ4n) is 1.69. The Morgan fingerprint density at radius 3 is 2.13 bits per heavy atom. The molecule has 0 saturated carbocycles. The fraction of sp³-hybridized carbons (Fsp3) is 0.444. The molecule has 122 valence electrons. The van der Waals surface area contributed by atoms with Crippen molar-refractivity contribution in [3.63, 3.8) is 0 Å². The molecular weight excluding hydrogens is 324 g/mol. The highest BCUT2D eigenvalue weighted by molar-refractivity contribution is 7.10. The quantitative estimate of drug-likeness (QED) is 0.754. The van der Waals surface area contributed by atoms with E-state index < -0.39 is 0 Å². The molecule has 0 aromatic carbocycles. The third kappa shape index (κ3) is 7.95. The molecule has 0 amide bonds. The van der Waals surface area contributed by atoms with E-state index in [-0.39, 0.29) is 5.41 Å². The zero-order chi connectivity index (χ0) is 17.0. The molecule has 0 N–H and O–H groups in total. The Hall–Kier alpha value is -1.66. The molecule has 0 radical (unpaired) electrons. The topological polar surface area (TPSA) is 56.8 Å². The molecular formula is C18H22N2OS2. The van der Waals surface area contributed by atoms with Crippen molar-refractivity contribution in [3.05, 3.63) is 44.8 Å². The zero-order valence-corrected chi connectivity index (χ0v) is 15.3. The summed E-state index contributed by atoms with van der Waals surface area (Å²) in [6.45, 7) is 5.86. The second kappa shape index (κ2) is 11.0. The molecule has 1 aliphatic heterocycles. The van der Waals surface area contributed by atoms with Gasteiger partial charge < -0.3 is 4.74 Å². The van der Waals surface area contributed by atoms with Crippen molar-refractivity contribution in [2.24, 2.45) is 0 Å². The van der Waals surface area contributed by atoms with Gasteiger partial charge in [-0.3, -0.25) is 0 Å². The van der Waals surface area contributed by atoms with Gasteiger partial charge in [-0.05, 0) is 49.6 Å². The second-order valence-electron chi connectivity index (χ2n) is 5.45. The molecule has 0 atom stereocenters. The van der Waals surface area contributed by atoms with Crippen LogP contribution in [0.1, 0.15) is 36.4 Å². The molecule has 3 nitrogen and oxygen atoms in total. The van der Waals surface area contributed by atoms with Crippen LogP contribution in [0.3, 0.4) is 0 Å². The summed E-state index contributed by atoms with van der Waals surface area (Å²) in [5, 5.41) is 20.9. The Balaban J connectivity index is 0.000000182. The summed E-state index contributed by atoms with van der Waals surface area (Å²) in [5.41, 5.74) is -0.311. The number of hydrogen-bond acceptors (Lipinski definition) is 5. The van der Waals surface area contributed by atoms with Crippen LogP contribution in [0.2, 0.25) is 0 Å². The smallest absolute Gasteiger partial charge is 0.0858 e. The lowest BCUT2D eigenvalue weighted by Gasteiger charge is -2.10. The summed E-state index contributed by atoms with van der Waals surface area (Å²) in [5.74, 6) is 0. The normalized spacial score (nSPS) is 12.9. The number of hydrogen-bond donors (Lipinski definition) is 0. The number of nitriles is 2. The third-order valence-corrected chi connectivity index (χ3v) is 5.15. The van der Waals surface area contributed by atoms with Gasteiger partial charge in [0, 0.05) is 23.0 Å². The highest BCUT2D eigenvalue weighted by atomic mass is 32.1. The minimum atomic E-state index is -0.311. The first-order valence-corrected chi connectivity index (χ1v) is 9.28. The molecule has 0 bridgehead atoms. The van der Waals surface area contributed by atoms with Gasteiger partial charge in [0.15, 0.2) is 0 Å². The second-order valence-corrected chi connectivity index (χ2v) is 7.43. The van der Waals surface area contributed by atoms with Crippen LogP contribution in [-0.4, -0.2) is 13.2 Å². The summed E-state index contributed by atoms with van der Waals surface area (Å²) < 4.78 is 4.94. The molecule has 0 unspecified atom stereocenters. The predicted molar refractivity (Wildman–Crippen MR) is 96.6 cm³/mol. The maximum atomic E-state index is 8.72. The number of rotatable bonds is 2. The van der Waals surface area contributed by atoms with E-state index in [4.69, 9.17) is 15.3 Å². The van der Waals surface area contributed by atoms with Crippen molar-refractivity contribution in [2.75, 3.05) is 13.2 Å². The van der Waals surface area contributed by atoms with Crippen molar-refractivity contribution in [1.82, 2.24) is 0 Å². The highest BCUT2D eigenvalue weighted by Crippen LogP contribution is 2.25. The molecule has 0 spiro atoms. The van der Waals surface area contributed by atoms with Crippen LogP contribution in [0.4, 0.5) is 0 Å². The van der Waals surface area contributed by atoms with E-state index >= 15 is 0 Å². The fourth-order valence-corrected chi connectivity index (χ4v) is 3.13. The number of thiophene rings is 2. The predicted octanol–water partition coefficient (Wildman–Crippen LogP) is 5.16. The lowest BCUT2D eigenvalue weighted by atomic mass is 9.94. The number of ether oxygens (including phenoxy) is 1. The van der Waals surface area contributed by atoms with Crippen LogP contribution in [0.25, 0.3) is 0 Å². The Morgan fingerprint density at radius 1 is 1.09 bits per heavy atom. The lowest BCUT2D eigenvalue weighted by molar-refractivity contribution is 0.198. The van der Waals surface area contributed by atoms with Gasteiger partial charge in [0.25, 0.3) is 0 Å². The van der Waals surface area contributed by atoms with Crippen LogP contribution >= 0.6 is 22.7 Å². The minimum Gasteiger partial charge on any atom is -0.381 e. The first-order valence-electron chi connectivity index (χ1n) is 7.52. The van der Waals surface area contributed by atoms with Gasteiger partial charge in [-0.1, -0.05) is 12.1 Å². The number of nitrogens with zero attached hydrogens (tertiary/aromatic N) is 2. The first-order chi connectivity index (χ1) is 11.1. The standard InChI is InChI=1S/C8H9NS.C6H5NS.C4H8O/c1-8(2,6-9)7-4-3-5-10-7;7-4-3-6-2-1-5-8-6;1-2-4-5-3-1/h3-5H,1-2H3;1-2,5H,3H2;1-4H2. The van der Waals surface area contributed by atoms with Gasteiger partial charge in [0.05, 0.1) is 24.0 Å². The van der Waals surface area contributed by atoms with Crippen LogP contribution in [-0.2, 0) is 16.6 Å². The highest BCUT2D eigenvalue weighted by Gasteiger charge is 2.19. The van der Waals surface area contributed by atoms with E-state index in [0.717, 1.165) is 23.0 Å². The Kier molecular flexibility index (Phi) is 9.24. The first kappa shape index (κ1) is 19.4. The van der Waals surface area contributed by atoms with Crippen molar-refractivity contribution >= 4 is 22.7 Å². The molecule has 1 fully saturated rings. The van der Waals surface area contributed by atoms with E-state index in [0.29, 0.717) is 6.42 Å². The molecule has 3 heterocycles. The van der Waals surface area contributed by atoms with Gasteiger partial charge in [0.2, 0.25) is 0 Å². The van der Waals surface area contributed by atoms with Gasteiger partial charge in [-0.15, -0.1) is 22.7 Å². The van der Waals surface area contributed by atoms with Gasteiger partial charge in [-0.2, -0.15) is 10.5 Å². The summed E-state index contributed by atoms with van der Waals surface area (Å²) in [6, 6.07) is 12.2. The minimum absolute atomic E-state index is 0.311. The third-order valence-electron chi connectivity index (χ3n) is 3.08. The van der Waals surface area contributed by atoms with Gasteiger partial charge in [-0.25, -0.2) is 0 Å². The average Bonchev–Trinajstić information content (AvgIpc) is 3.30. The maximum absolute atomic E-state index is 8.72. The van der Waals surface area contributed by atoms with Crippen LogP contribution in [0, 0.1) is 22.7 Å². The van der Waals surface area contributed by atoms with Crippen LogP contribution < -0.4 is 0 Å². The molecule has 1 aliphatic rings. The van der Waals surface area contributed by atoms with Crippen molar-refractivity contribution < 1.29 is 4.74 Å². The maximum Gasteiger partial charge on any atom is 0.0858 e. The molecule has 3 rings (SSSR count). The van der Waals surface area contributed by atoms with E-state index in [9.17, 15) is 0 Å². The van der Waals surface area contributed by atoms with E-state index in [2.05, 4.69) is 12.1 Å². The summed E-state index contributed by atoms with van der Waals surface area (Å²) in [6.07, 6.45) is 3.11. The SMILES string of the molecule is C1CCOC1.CC(C)(C#N)c1cccs1.N#CCc1cccs1.